The van der Waals surface area contributed by atoms with Gasteiger partial charge in [-0.2, -0.15) is 8.62 Å². The van der Waals surface area contributed by atoms with Crippen LogP contribution in [0.1, 0.15) is 6.92 Å². The summed E-state index contributed by atoms with van der Waals surface area (Å²) in [4.78, 5) is 48.3. The number of amides is 1. The van der Waals surface area contributed by atoms with Crippen LogP contribution in [-0.2, 0) is 36.4 Å². The Hall–Kier alpha value is -1.40. The van der Waals surface area contributed by atoms with Crippen LogP contribution in [0.25, 0.3) is 0 Å². The van der Waals surface area contributed by atoms with E-state index >= 15 is 0 Å². The summed E-state index contributed by atoms with van der Waals surface area (Å²) in [6, 6.07) is 0. The molecule has 7 N–H and O–H groups in total. The molecule has 1 fully saturated rings. The van der Waals surface area contributed by atoms with E-state index in [1.807, 2.05) is 5.92 Å². The number of aliphatic hydroxyl groups excluding tert-OH is 1. The van der Waals surface area contributed by atoms with Crippen molar-refractivity contribution in [1.82, 2.24) is 10.2 Å². The molecule has 0 bridgehead atoms. The van der Waals surface area contributed by atoms with E-state index in [0.717, 1.165) is 24.1 Å². The number of nitrogens with one attached hydrogen (secondary N) is 1. The zero-order valence-corrected chi connectivity index (χ0v) is 18.7. The van der Waals surface area contributed by atoms with Crippen molar-refractivity contribution in [1.29, 1.82) is 0 Å². The molecule has 0 spiro atoms. The van der Waals surface area contributed by atoms with Gasteiger partial charge in [-0.25, -0.2) is 13.7 Å². The number of rotatable bonds is 8. The fourth-order valence-corrected chi connectivity index (χ4v) is 5.88. The fraction of sp³-hybridized carbons (Fsp3) is 0.462. The van der Waals surface area contributed by atoms with Gasteiger partial charge in [0.2, 0.25) is 0 Å². The molecule has 6 atom stereocenters. The van der Waals surface area contributed by atoms with E-state index in [1.54, 1.807) is 0 Å². The number of terminal acetylenes is 1. The van der Waals surface area contributed by atoms with Gasteiger partial charge in [0, 0.05) is 12.3 Å². The average molecular weight is 520 g/mol. The number of carbonyl (C=O) groups is 1. The summed E-state index contributed by atoms with van der Waals surface area (Å²) in [5, 5.41) is 23.7. The van der Waals surface area contributed by atoms with Crippen LogP contribution in [0.2, 0.25) is 0 Å². The van der Waals surface area contributed by atoms with Gasteiger partial charge in [-0.05, 0) is 6.92 Å². The first kappa shape index (κ1) is 26.8. The number of nitrogens with zero attached hydrogens (tertiary/aromatic N) is 1. The quantitative estimate of drug-likeness (QED) is 0.144. The van der Waals surface area contributed by atoms with Gasteiger partial charge in [-0.3, -0.25) is 9.32 Å². The maximum Gasteiger partial charge on any atom is 0.490 e. The molecule has 19 heteroatoms. The van der Waals surface area contributed by atoms with Gasteiger partial charge in [-0.15, -0.1) is 6.42 Å². The molecular formula is C13H19N2O14P3. The van der Waals surface area contributed by atoms with Crippen molar-refractivity contribution >= 4 is 29.4 Å². The largest absolute Gasteiger partial charge is 0.490 e. The van der Waals surface area contributed by atoms with E-state index in [0.29, 0.717) is 0 Å². The van der Waals surface area contributed by atoms with Gasteiger partial charge < -0.3 is 44.7 Å². The monoisotopic (exact) mass is 520 g/mol. The molecule has 3 unspecified atom stereocenters. The van der Waals surface area contributed by atoms with Crippen LogP contribution < -0.4 is 5.32 Å². The van der Waals surface area contributed by atoms with Gasteiger partial charge in [-0.1, -0.05) is 12.5 Å². The zero-order chi connectivity index (χ0) is 24.8. The molecule has 2 rings (SSSR count). The number of phosphoric ester groups is 1. The lowest BCUT2D eigenvalue weighted by Gasteiger charge is -2.36. The van der Waals surface area contributed by atoms with Crippen LogP contribution in [0.3, 0.4) is 0 Å². The molecule has 1 saturated heterocycles. The highest BCUT2D eigenvalue weighted by atomic mass is 31.3. The predicted octanol–water partition coefficient (Wildman–Crippen LogP) is -1.41. The number of ether oxygens (including phenoxy) is 1. The molecule has 2 aliphatic heterocycles. The van der Waals surface area contributed by atoms with Crippen LogP contribution in [-0.4, -0.2) is 70.7 Å². The molecule has 32 heavy (non-hydrogen) atoms. The van der Waals surface area contributed by atoms with Gasteiger partial charge >= 0.3 is 23.5 Å². The summed E-state index contributed by atoms with van der Waals surface area (Å²) in [7, 11) is -16.9. The van der Waals surface area contributed by atoms with Gasteiger partial charge in [0.15, 0.2) is 11.8 Å². The molecule has 16 nitrogen and oxygen atoms in total. The Bertz CT molecular complexity index is 1020. The summed E-state index contributed by atoms with van der Waals surface area (Å²) in [6.07, 6.45) is 3.90. The highest BCUT2D eigenvalue weighted by Crippen LogP contribution is 2.66. The number of aliphatic hydroxyl groups is 2. The SMILES string of the molecule is C#CC1(O)[C@@H](O)[C@@](C)(COP(=O)(O)OP(=O)(O)OP(=O)(O)O)O[C@H]1N1C=CC(=O)NC1=C. The standard InChI is InChI=1S/C13H19N2O14P3/c1-4-13(18)10(17)12(3,27-11(13)15-6-5-9(16)14-8(15)2)7-26-31(22,23)29-32(24,25)28-30(19,20)21/h1,5-6,10-11,17-18H,2,7H2,3H3,(H,14,16)(H,22,23)(H,24,25)(H2,19,20,21)/t10-,11+,12+,13?/m0/s1. The number of hydrogen-bond acceptors (Lipinski definition) is 11. The van der Waals surface area contributed by atoms with E-state index in [2.05, 4.69) is 25.0 Å². The van der Waals surface area contributed by atoms with E-state index in [9.17, 15) is 38.5 Å². The summed E-state index contributed by atoms with van der Waals surface area (Å²) in [5.41, 5.74) is -4.55. The molecule has 180 valence electrons. The van der Waals surface area contributed by atoms with E-state index in [4.69, 9.17) is 20.9 Å². The first-order valence-electron chi connectivity index (χ1n) is 8.15. The van der Waals surface area contributed by atoms with Gasteiger partial charge in [0.1, 0.15) is 17.5 Å². The second-order valence-corrected chi connectivity index (χ2v) is 11.1. The predicted molar refractivity (Wildman–Crippen MR) is 101 cm³/mol. The Labute approximate surface area is 180 Å². The van der Waals surface area contributed by atoms with Crippen molar-refractivity contribution in [2.45, 2.75) is 30.5 Å². The number of carbonyl (C=O) groups excluding carboxylic acids is 1. The second kappa shape index (κ2) is 8.75. The first-order valence-corrected chi connectivity index (χ1v) is 12.7. The third kappa shape index (κ3) is 5.93. The Morgan fingerprint density at radius 2 is 1.88 bits per heavy atom. The molecule has 2 aliphatic rings. The summed E-state index contributed by atoms with van der Waals surface area (Å²) in [6.45, 7) is 3.53. The van der Waals surface area contributed by atoms with Crippen LogP contribution >= 0.6 is 23.5 Å². The van der Waals surface area contributed by atoms with Crippen LogP contribution in [0, 0.1) is 12.3 Å². The number of phosphoric acid groups is 3. The fourth-order valence-electron chi connectivity index (χ4n) is 2.76. The van der Waals surface area contributed by atoms with E-state index in [1.165, 1.54) is 0 Å². The summed E-state index contributed by atoms with van der Waals surface area (Å²) < 4.78 is 51.2. The molecule has 0 saturated carbocycles. The normalized spacial score (nSPS) is 34.5. The van der Waals surface area contributed by atoms with E-state index < -0.39 is 59.5 Å². The second-order valence-electron chi connectivity index (χ2n) is 6.68. The summed E-state index contributed by atoms with van der Waals surface area (Å²) in [5.74, 6) is 1.28. The molecule has 0 aliphatic carbocycles. The van der Waals surface area contributed by atoms with Crippen LogP contribution in [0.5, 0.6) is 0 Å². The summed E-state index contributed by atoms with van der Waals surface area (Å²) >= 11 is 0. The first-order chi connectivity index (χ1) is 14.3. The van der Waals surface area contributed by atoms with Crippen molar-refractivity contribution in [3.8, 4) is 12.3 Å². The van der Waals surface area contributed by atoms with Crippen molar-refractivity contribution in [3.63, 3.8) is 0 Å². The zero-order valence-electron chi connectivity index (χ0n) is 16.0. The topological polar surface area (TPSA) is 242 Å². The molecule has 2 heterocycles. The highest BCUT2D eigenvalue weighted by molar-refractivity contribution is 7.66. The third-order valence-electron chi connectivity index (χ3n) is 4.13. The average Bonchev–Trinajstić information content (AvgIpc) is 2.80. The maximum atomic E-state index is 11.9. The lowest BCUT2D eigenvalue weighted by atomic mass is 9.88. The van der Waals surface area contributed by atoms with Crippen molar-refractivity contribution in [3.05, 3.63) is 24.7 Å². The van der Waals surface area contributed by atoms with Crippen molar-refractivity contribution in [2.75, 3.05) is 6.61 Å². The minimum atomic E-state index is -5.77. The smallest absolute Gasteiger partial charge is 0.386 e. The minimum absolute atomic E-state index is 0.0967. The molecule has 0 aromatic rings. The Balaban J connectivity index is 2.22. The van der Waals surface area contributed by atoms with Crippen molar-refractivity contribution in [2.24, 2.45) is 0 Å². The van der Waals surface area contributed by atoms with Crippen molar-refractivity contribution < 1.29 is 66.2 Å². The Morgan fingerprint density at radius 1 is 1.28 bits per heavy atom. The van der Waals surface area contributed by atoms with Gasteiger partial charge in [0.05, 0.1) is 6.61 Å². The van der Waals surface area contributed by atoms with Crippen LogP contribution in [0.4, 0.5) is 0 Å². The molecule has 1 amide bonds. The Morgan fingerprint density at radius 3 is 2.38 bits per heavy atom. The van der Waals surface area contributed by atoms with Gasteiger partial charge in [0.25, 0.3) is 5.91 Å². The van der Waals surface area contributed by atoms with Crippen LogP contribution in [0.15, 0.2) is 24.7 Å². The highest BCUT2D eigenvalue weighted by Gasteiger charge is 2.63. The molecule has 0 radical (unpaired) electrons. The lowest BCUT2D eigenvalue weighted by molar-refractivity contribution is -0.131. The Kier molecular flexibility index (Phi) is 7.34. The minimum Gasteiger partial charge on any atom is -0.386 e. The lowest BCUT2D eigenvalue weighted by Crippen LogP contribution is -2.55. The molecule has 0 aromatic heterocycles. The number of hydrogen-bond donors (Lipinski definition) is 7. The maximum absolute atomic E-state index is 11.9. The molecular weight excluding hydrogens is 501 g/mol. The van der Waals surface area contributed by atoms with E-state index in [-0.39, 0.29) is 5.82 Å². The molecule has 0 aromatic carbocycles. The third-order valence-corrected chi connectivity index (χ3v) is 7.92.